The molecule has 1 aromatic heterocycles. The van der Waals surface area contributed by atoms with Gasteiger partial charge >= 0.3 is 5.97 Å². The molecule has 6 nitrogen and oxygen atoms in total. The number of furan rings is 1. The first kappa shape index (κ1) is 15.8. The van der Waals surface area contributed by atoms with E-state index in [4.69, 9.17) is 9.52 Å². The SMILES string of the molecule is Cc1coc(S(=O)(=O)N2Cc3ccccc3C[C@H]2CC(=O)O)c1. The van der Waals surface area contributed by atoms with Gasteiger partial charge < -0.3 is 9.52 Å². The molecule has 0 fully saturated rings. The van der Waals surface area contributed by atoms with Gasteiger partial charge in [-0.05, 0) is 30.0 Å². The molecule has 0 saturated heterocycles. The molecule has 1 atom stereocenters. The number of aryl methyl sites for hydroxylation is 1. The average Bonchev–Trinajstić information content (AvgIpc) is 2.93. The molecule has 3 rings (SSSR count). The number of aliphatic carboxylic acids is 1. The number of carboxylic acid groups (broad SMARTS) is 1. The Balaban J connectivity index is 2.02. The van der Waals surface area contributed by atoms with Crippen LogP contribution in [-0.4, -0.2) is 29.8 Å². The molecule has 122 valence electrons. The molecular weight excluding hydrogens is 318 g/mol. The zero-order valence-corrected chi connectivity index (χ0v) is 13.4. The summed E-state index contributed by atoms with van der Waals surface area (Å²) < 4.78 is 32.1. The van der Waals surface area contributed by atoms with Gasteiger partial charge in [0.2, 0.25) is 5.09 Å². The Bertz CT molecular complexity index is 840. The zero-order valence-electron chi connectivity index (χ0n) is 12.6. The summed E-state index contributed by atoms with van der Waals surface area (Å²) in [5.74, 6) is -1.02. The van der Waals surface area contributed by atoms with E-state index < -0.39 is 22.0 Å². The molecule has 0 unspecified atom stereocenters. The lowest BCUT2D eigenvalue weighted by Gasteiger charge is -2.34. The Morgan fingerprint density at radius 3 is 2.65 bits per heavy atom. The van der Waals surface area contributed by atoms with Crippen LogP contribution in [0.4, 0.5) is 0 Å². The lowest BCUT2D eigenvalue weighted by atomic mass is 9.94. The highest BCUT2D eigenvalue weighted by atomic mass is 32.2. The van der Waals surface area contributed by atoms with E-state index >= 15 is 0 Å². The van der Waals surface area contributed by atoms with E-state index in [-0.39, 0.29) is 18.1 Å². The first-order valence-corrected chi connectivity index (χ1v) is 8.67. The number of rotatable bonds is 4. The second-order valence-electron chi connectivity index (χ2n) is 5.72. The summed E-state index contributed by atoms with van der Waals surface area (Å²) in [7, 11) is -3.88. The molecule has 1 aliphatic heterocycles. The van der Waals surface area contributed by atoms with Crippen molar-refractivity contribution in [2.45, 2.75) is 37.4 Å². The van der Waals surface area contributed by atoms with Crippen LogP contribution in [0.1, 0.15) is 23.1 Å². The first-order valence-electron chi connectivity index (χ1n) is 7.23. The second-order valence-corrected chi connectivity index (χ2v) is 7.54. The Labute approximate surface area is 134 Å². The van der Waals surface area contributed by atoms with E-state index in [0.717, 1.165) is 11.1 Å². The van der Waals surface area contributed by atoms with Crippen LogP contribution in [-0.2, 0) is 27.8 Å². The van der Waals surface area contributed by atoms with Crippen molar-refractivity contribution in [3.8, 4) is 0 Å². The van der Waals surface area contributed by atoms with Gasteiger partial charge in [0.15, 0.2) is 0 Å². The molecule has 0 saturated carbocycles. The predicted molar refractivity (Wildman–Crippen MR) is 82.4 cm³/mol. The van der Waals surface area contributed by atoms with E-state index in [0.29, 0.717) is 12.0 Å². The molecule has 0 spiro atoms. The molecule has 1 aliphatic rings. The van der Waals surface area contributed by atoms with Gasteiger partial charge in [-0.2, -0.15) is 4.31 Å². The molecule has 0 bridgehead atoms. The number of carboxylic acids is 1. The summed E-state index contributed by atoms with van der Waals surface area (Å²) >= 11 is 0. The molecule has 0 amide bonds. The minimum Gasteiger partial charge on any atom is -0.481 e. The van der Waals surface area contributed by atoms with Crippen molar-refractivity contribution >= 4 is 16.0 Å². The number of sulfonamides is 1. The average molecular weight is 335 g/mol. The quantitative estimate of drug-likeness (QED) is 0.925. The molecule has 2 heterocycles. The highest BCUT2D eigenvalue weighted by Crippen LogP contribution is 2.31. The van der Waals surface area contributed by atoms with Crippen LogP contribution in [0.2, 0.25) is 0 Å². The highest BCUT2D eigenvalue weighted by Gasteiger charge is 2.38. The van der Waals surface area contributed by atoms with Crippen molar-refractivity contribution in [3.63, 3.8) is 0 Å². The Hall–Kier alpha value is -2.12. The summed E-state index contributed by atoms with van der Waals surface area (Å²) in [6.07, 6.45) is 1.51. The van der Waals surface area contributed by atoms with Crippen LogP contribution in [0, 0.1) is 6.92 Å². The molecule has 2 aromatic rings. The minimum absolute atomic E-state index is 0.148. The fourth-order valence-electron chi connectivity index (χ4n) is 2.88. The van der Waals surface area contributed by atoms with E-state index in [1.807, 2.05) is 24.3 Å². The summed E-state index contributed by atoms with van der Waals surface area (Å²) in [4.78, 5) is 11.1. The number of benzene rings is 1. The third-order valence-electron chi connectivity index (χ3n) is 3.99. The summed E-state index contributed by atoms with van der Waals surface area (Å²) in [6, 6.07) is 8.31. The van der Waals surface area contributed by atoms with Gasteiger partial charge in [-0.15, -0.1) is 0 Å². The molecule has 23 heavy (non-hydrogen) atoms. The van der Waals surface area contributed by atoms with Crippen LogP contribution in [0.15, 0.2) is 46.1 Å². The summed E-state index contributed by atoms with van der Waals surface area (Å²) in [5.41, 5.74) is 2.58. The highest BCUT2D eigenvalue weighted by molar-refractivity contribution is 7.89. The molecule has 1 aromatic carbocycles. The van der Waals surface area contributed by atoms with Crippen LogP contribution in [0.25, 0.3) is 0 Å². The molecule has 0 radical (unpaired) electrons. The van der Waals surface area contributed by atoms with Crippen molar-refractivity contribution in [3.05, 3.63) is 53.3 Å². The van der Waals surface area contributed by atoms with Gasteiger partial charge in [0.25, 0.3) is 10.0 Å². The lowest BCUT2D eigenvalue weighted by Crippen LogP contribution is -2.45. The van der Waals surface area contributed by atoms with E-state index in [2.05, 4.69) is 0 Å². The maximum absolute atomic E-state index is 12.8. The van der Waals surface area contributed by atoms with Gasteiger partial charge in [0.05, 0.1) is 12.7 Å². The Kier molecular flexibility index (Phi) is 3.99. The van der Waals surface area contributed by atoms with Crippen LogP contribution in [0.5, 0.6) is 0 Å². The third-order valence-corrected chi connectivity index (χ3v) is 5.75. The minimum atomic E-state index is -3.88. The molecule has 7 heteroatoms. The number of hydrogen-bond acceptors (Lipinski definition) is 4. The Morgan fingerprint density at radius 1 is 1.35 bits per heavy atom. The van der Waals surface area contributed by atoms with E-state index in [1.54, 1.807) is 6.92 Å². The summed E-state index contributed by atoms with van der Waals surface area (Å²) in [6.45, 7) is 1.89. The number of nitrogens with zero attached hydrogens (tertiary/aromatic N) is 1. The van der Waals surface area contributed by atoms with Crippen molar-refractivity contribution in [1.29, 1.82) is 0 Å². The van der Waals surface area contributed by atoms with Gasteiger partial charge in [-0.1, -0.05) is 24.3 Å². The second kappa shape index (κ2) is 5.82. The van der Waals surface area contributed by atoms with Gasteiger partial charge in [0, 0.05) is 18.7 Å². The number of fused-ring (bicyclic) bond motifs is 1. The monoisotopic (exact) mass is 335 g/mol. The van der Waals surface area contributed by atoms with Crippen LogP contribution in [0.3, 0.4) is 0 Å². The van der Waals surface area contributed by atoms with Crippen LogP contribution >= 0.6 is 0 Å². The molecule has 0 aliphatic carbocycles. The largest absolute Gasteiger partial charge is 0.481 e. The van der Waals surface area contributed by atoms with Crippen molar-refractivity contribution < 1.29 is 22.7 Å². The van der Waals surface area contributed by atoms with Gasteiger partial charge in [0.1, 0.15) is 0 Å². The standard InChI is InChI=1S/C16H17NO5S/c1-11-6-16(22-10-11)23(20,21)17-9-13-5-3-2-4-12(13)7-14(17)8-15(18)19/h2-6,10,14H,7-9H2,1H3,(H,18,19)/t14-/m0/s1. The van der Waals surface area contributed by atoms with Crippen molar-refractivity contribution in [2.24, 2.45) is 0 Å². The van der Waals surface area contributed by atoms with Crippen LogP contribution < -0.4 is 0 Å². The summed E-state index contributed by atoms with van der Waals surface area (Å²) in [5, 5.41) is 8.98. The Morgan fingerprint density at radius 2 is 2.04 bits per heavy atom. The first-order chi connectivity index (χ1) is 10.9. The fraction of sp³-hybridized carbons (Fsp3) is 0.312. The normalized spacial score (nSPS) is 18.6. The molecule has 1 N–H and O–H groups in total. The number of carbonyl (C=O) groups is 1. The maximum Gasteiger partial charge on any atom is 0.304 e. The fourth-order valence-corrected chi connectivity index (χ4v) is 4.46. The predicted octanol–water partition coefficient (Wildman–Crippen LogP) is 2.18. The van der Waals surface area contributed by atoms with Gasteiger partial charge in [-0.25, -0.2) is 8.42 Å². The van der Waals surface area contributed by atoms with Crippen molar-refractivity contribution in [2.75, 3.05) is 0 Å². The molecular formula is C16H17NO5S. The maximum atomic E-state index is 12.8. The van der Waals surface area contributed by atoms with E-state index in [9.17, 15) is 13.2 Å². The zero-order chi connectivity index (χ0) is 16.6. The van der Waals surface area contributed by atoms with E-state index in [1.165, 1.54) is 16.6 Å². The van der Waals surface area contributed by atoms with Gasteiger partial charge in [-0.3, -0.25) is 4.79 Å². The topological polar surface area (TPSA) is 87.8 Å². The lowest BCUT2D eigenvalue weighted by molar-refractivity contribution is -0.138. The third kappa shape index (κ3) is 3.02. The van der Waals surface area contributed by atoms with Crippen molar-refractivity contribution in [1.82, 2.24) is 4.31 Å². The smallest absolute Gasteiger partial charge is 0.304 e. The number of hydrogen-bond donors (Lipinski definition) is 1.